The number of anilines is 1. The van der Waals surface area contributed by atoms with Gasteiger partial charge in [0.15, 0.2) is 0 Å². The zero-order valence-electron chi connectivity index (χ0n) is 16.7. The minimum Gasteiger partial charge on any atom is -0.392 e. The van der Waals surface area contributed by atoms with Crippen molar-refractivity contribution in [1.29, 1.82) is 0 Å². The number of aliphatic hydroxyl groups is 1. The molecule has 1 saturated heterocycles. The van der Waals surface area contributed by atoms with Crippen LogP contribution in [0.15, 0.2) is 42.5 Å². The summed E-state index contributed by atoms with van der Waals surface area (Å²) in [5.74, 6) is -0.736. The molecule has 1 heterocycles. The quantitative estimate of drug-likeness (QED) is 0.560. The number of carbonyl (C=O) groups is 1. The highest BCUT2D eigenvalue weighted by molar-refractivity contribution is 5.95. The summed E-state index contributed by atoms with van der Waals surface area (Å²) in [5, 5.41) is 15.1. The Labute approximate surface area is 174 Å². The van der Waals surface area contributed by atoms with Gasteiger partial charge in [0.25, 0.3) is 0 Å². The highest BCUT2D eigenvalue weighted by Gasteiger charge is 2.34. The normalized spacial score (nSPS) is 23.2. The zero-order valence-corrected chi connectivity index (χ0v) is 16.7. The van der Waals surface area contributed by atoms with Crippen LogP contribution in [0.4, 0.5) is 14.5 Å². The molecule has 7 heteroatoms. The van der Waals surface area contributed by atoms with E-state index in [0.29, 0.717) is 30.0 Å². The fourth-order valence-corrected chi connectivity index (χ4v) is 4.09. The number of amides is 1. The highest BCUT2D eigenvalue weighted by Crippen LogP contribution is 2.40. The van der Waals surface area contributed by atoms with Crippen molar-refractivity contribution >= 4 is 11.6 Å². The van der Waals surface area contributed by atoms with Gasteiger partial charge in [0.2, 0.25) is 5.91 Å². The average molecular weight is 415 g/mol. The van der Waals surface area contributed by atoms with E-state index in [1.807, 2.05) is 0 Å². The van der Waals surface area contributed by atoms with Gasteiger partial charge in [0.1, 0.15) is 11.6 Å². The van der Waals surface area contributed by atoms with Crippen LogP contribution in [0.3, 0.4) is 0 Å². The van der Waals surface area contributed by atoms with Crippen molar-refractivity contribution in [2.75, 3.05) is 11.9 Å². The Kier molecular flexibility index (Phi) is 5.86. The molecule has 1 saturated carbocycles. The number of hydrogen-bond donors (Lipinski definition) is 4. The van der Waals surface area contributed by atoms with Gasteiger partial charge >= 0.3 is 0 Å². The van der Waals surface area contributed by atoms with Gasteiger partial charge in [-0.15, -0.1) is 0 Å². The van der Waals surface area contributed by atoms with Crippen LogP contribution in [0.5, 0.6) is 0 Å². The number of rotatable bonds is 7. The maximum Gasteiger partial charge on any atom is 0.241 e. The molecule has 0 spiro atoms. The number of carbonyl (C=O) groups excluding carboxylic acids is 1. The van der Waals surface area contributed by atoms with Crippen molar-refractivity contribution in [1.82, 2.24) is 5.32 Å². The predicted molar refractivity (Wildman–Crippen MR) is 111 cm³/mol. The zero-order chi connectivity index (χ0) is 21.3. The van der Waals surface area contributed by atoms with E-state index in [9.17, 15) is 18.7 Å². The van der Waals surface area contributed by atoms with Gasteiger partial charge in [-0.25, -0.2) is 8.78 Å². The van der Waals surface area contributed by atoms with Crippen LogP contribution in [0.2, 0.25) is 0 Å². The molecule has 5 N–H and O–H groups in total. The molecule has 5 nitrogen and oxygen atoms in total. The van der Waals surface area contributed by atoms with Crippen molar-refractivity contribution in [3.8, 4) is 0 Å². The Morgan fingerprint density at radius 2 is 1.97 bits per heavy atom. The molecule has 160 valence electrons. The molecule has 1 aliphatic heterocycles. The SMILES string of the molecule is NC(CCC1CC1)(c1cccc(F)c1)c1ccc(F)c(NC(=O)[C@H]2C[C@@H](O)CN2)c1. The summed E-state index contributed by atoms with van der Waals surface area (Å²) >= 11 is 0. The molecule has 2 aliphatic rings. The molecule has 2 fully saturated rings. The number of halogens is 2. The number of hydrogen-bond acceptors (Lipinski definition) is 4. The fourth-order valence-electron chi connectivity index (χ4n) is 4.09. The van der Waals surface area contributed by atoms with E-state index in [1.54, 1.807) is 18.2 Å². The van der Waals surface area contributed by atoms with E-state index in [0.717, 1.165) is 6.42 Å². The summed E-state index contributed by atoms with van der Waals surface area (Å²) in [6.07, 6.45) is 3.52. The fraction of sp³-hybridized carbons (Fsp3) is 0.435. The summed E-state index contributed by atoms with van der Waals surface area (Å²) in [5.41, 5.74) is 7.09. The lowest BCUT2D eigenvalue weighted by Crippen LogP contribution is -2.39. The minimum absolute atomic E-state index is 0.0262. The number of β-amino-alcohol motifs (C(OH)–C–C–N with tert-alkyl or cyclic N) is 1. The predicted octanol–water partition coefficient (Wildman–Crippen LogP) is 3.02. The molecule has 4 rings (SSSR count). The van der Waals surface area contributed by atoms with Crippen LogP contribution >= 0.6 is 0 Å². The van der Waals surface area contributed by atoms with E-state index in [4.69, 9.17) is 5.73 Å². The lowest BCUT2D eigenvalue weighted by atomic mass is 9.79. The Morgan fingerprint density at radius 1 is 1.20 bits per heavy atom. The Morgan fingerprint density at radius 3 is 2.63 bits per heavy atom. The van der Waals surface area contributed by atoms with E-state index in [1.165, 1.54) is 37.1 Å². The lowest BCUT2D eigenvalue weighted by molar-refractivity contribution is -0.118. The van der Waals surface area contributed by atoms with Crippen LogP contribution < -0.4 is 16.4 Å². The first-order valence-corrected chi connectivity index (χ1v) is 10.4. The Hall–Kier alpha value is -2.35. The third-order valence-corrected chi connectivity index (χ3v) is 6.15. The van der Waals surface area contributed by atoms with Crippen LogP contribution in [0.1, 0.15) is 43.2 Å². The standard InChI is InChI=1S/C23H27F2N3O2/c24-17-3-1-2-15(10-17)23(26,9-8-14-4-5-14)16-6-7-19(25)20(11-16)28-22(30)21-12-18(29)13-27-21/h1-3,6-7,10-11,14,18,21,27,29H,4-5,8-9,12-13,26H2,(H,28,30)/t18-,21-,23?/m1/s1. The Bertz CT molecular complexity index is 934. The van der Waals surface area contributed by atoms with Gasteiger partial charge in [-0.05, 0) is 60.6 Å². The Balaban J connectivity index is 1.63. The summed E-state index contributed by atoms with van der Waals surface area (Å²) in [6.45, 7) is 0.327. The number of nitrogens with one attached hydrogen (secondary N) is 2. The van der Waals surface area contributed by atoms with E-state index >= 15 is 0 Å². The summed E-state index contributed by atoms with van der Waals surface area (Å²) < 4.78 is 28.4. The van der Waals surface area contributed by atoms with Crippen molar-refractivity contribution in [2.24, 2.45) is 11.7 Å². The van der Waals surface area contributed by atoms with Crippen molar-refractivity contribution in [3.05, 3.63) is 65.2 Å². The number of nitrogens with two attached hydrogens (primary N) is 1. The second-order valence-corrected chi connectivity index (χ2v) is 8.50. The first-order valence-electron chi connectivity index (χ1n) is 10.4. The van der Waals surface area contributed by atoms with Crippen molar-refractivity contribution in [2.45, 2.75) is 49.8 Å². The second kappa shape index (κ2) is 8.41. The molecule has 1 unspecified atom stereocenters. The van der Waals surface area contributed by atoms with E-state index in [2.05, 4.69) is 10.6 Å². The maximum absolute atomic E-state index is 14.5. The molecule has 3 atom stereocenters. The molecular formula is C23H27F2N3O2. The van der Waals surface area contributed by atoms with Gasteiger partial charge in [-0.1, -0.05) is 31.0 Å². The second-order valence-electron chi connectivity index (χ2n) is 8.50. The first kappa shape index (κ1) is 20.9. The smallest absolute Gasteiger partial charge is 0.241 e. The number of benzene rings is 2. The van der Waals surface area contributed by atoms with Crippen molar-refractivity contribution < 1.29 is 18.7 Å². The topological polar surface area (TPSA) is 87.4 Å². The van der Waals surface area contributed by atoms with E-state index in [-0.39, 0.29) is 17.9 Å². The van der Waals surface area contributed by atoms with Crippen LogP contribution in [-0.2, 0) is 10.3 Å². The van der Waals surface area contributed by atoms with Crippen LogP contribution in [-0.4, -0.2) is 29.7 Å². The molecular weight excluding hydrogens is 388 g/mol. The molecule has 1 aliphatic carbocycles. The molecule has 30 heavy (non-hydrogen) atoms. The van der Waals surface area contributed by atoms with Gasteiger partial charge in [0.05, 0.1) is 23.4 Å². The third kappa shape index (κ3) is 4.53. The minimum atomic E-state index is -1.00. The van der Waals surface area contributed by atoms with Gasteiger partial charge in [-0.2, -0.15) is 0 Å². The third-order valence-electron chi connectivity index (χ3n) is 6.15. The largest absolute Gasteiger partial charge is 0.392 e. The summed E-state index contributed by atoms with van der Waals surface area (Å²) in [4.78, 5) is 12.5. The molecule has 2 aromatic rings. The molecule has 1 amide bonds. The molecule has 0 radical (unpaired) electrons. The first-order chi connectivity index (χ1) is 14.3. The van der Waals surface area contributed by atoms with Gasteiger partial charge in [0, 0.05) is 6.54 Å². The van der Waals surface area contributed by atoms with Gasteiger partial charge in [-0.3, -0.25) is 4.79 Å². The molecule has 0 aromatic heterocycles. The van der Waals surface area contributed by atoms with Gasteiger partial charge < -0.3 is 21.5 Å². The monoisotopic (exact) mass is 415 g/mol. The molecule has 0 bridgehead atoms. The summed E-state index contributed by atoms with van der Waals surface area (Å²) in [6, 6.07) is 10.0. The average Bonchev–Trinajstić information content (AvgIpc) is 3.46. The number of aliphatic hydroxyl groups excluding tert-OH is 1. The van der Waals surface area contributed by atoms with Crippen molar-refractivity contribution in [3.63, 3.8) is 0 Å². The van der Waals surface area contributed by atoms with Crippen LogP contribution in [0, 0.1) is 17.6 Å². The molecule has 2 aromatic carbocycles. The summed E-state index contributed by atoms with van der Waals surface area (Å²) in [7, 11) is 0. The van der Waals surface area contributed by atoms with Crippen LogP contribution in [0.25, 0.3) is 0 Å². The highest BCUT2D eigenvalue weighted by atomic mass is 19.1. The lowest BCUT2D eigenvalue weighted by Gasteiger charge is -2.31. The van der Waals surface area contributed by atoms with E-state index < -0.39 is 29.4 Å². The maximum atomic E-state index is 14.5.